The Morgan fingerprint density at radius 2 is 1.84 bits per heavy atom. The van der Waals surface area contributed by atoms with Crippen molar-refractivity contribution in [2.24, 2.45) is 0 Å². The van der Waals surface area contributed by atoms with Gasteiger partial charge in [0.15, 0.2) is 0 Å². The lowest BCUT2D eigenvalue weighted by molar-refractivity contribution is -0.384. The molecule has 2 heterocycles. The van der Waals surface area contributed by atoms with Crippen LogP contribution in [-0.2, 0) is 0 Å². The largest absolute Gasteiger partial charge is 0.372 e. The average molecular weight is 445 g/mol. The van der Waals surface area contributed by atoms with Crippen LogP contribution >= 0.6 is 11.3 Å². The smallest absolute Gasteiger partial charge is 0.293 e. The summed E-state index contributed by atoms with van der Waals surface area (Å²) in [6, 6.07) is 4.68. The van der Waals surface area contributed by atoms with E-state index in [2.05, 4.69) is 15.1 Å². The molecule has 1 aliphatic carbocycles. The van der Waals surface area contributed by atoms with Crippen molar-refractivity contribution in [3.05, 3.63) is 38.9 Å². The highest BCUT2D eigenvalue weighted by Gasteiger charge is 2.27. The van der Waals surface area contributed by atoms with Gasteiger partial charge in [-0.1, -0.05) is 30.6 Å². The van der Waals surface area contributed by atoms with E-state index in [4.69, 9.17) is 0 Å². The van der Waals surface area contributed by atoms with Crippen LogP contribution in [-0.4, -0.2) is 66.2 Å². The van der Waals surface area contributed by atoms with E-state index in [1.54, 1.807) is 47.4 Å². The fraction of sp³-hybridized carbons (Fsp3) is 0.571. The van der Waals surface area contributed by atoms with Crippen molar-refractivity contribution >= 4 is 33.8 Å². The fourth-order valence-electron chi connectivity index (χ4n) is 4.33. The highest BCUT2D eigenvalue weighted by atomic mass is 32.1. The average Bonchev–Trinajstić information content (AvgIpc) is 3.29. The number of nitrogens with zero attached hydrogens (tertiary/aromatic N) is 6. The number of hydrogen-bond donors (Lipinski definition) is 0. The van der Waals surface area contributed by atoms with Crippen LogP contribution in [0.5, 0.6) is 0 Å². The van der Waals surface area contributed by atoms with Gasteiger partial charge in [0.2, 0.25) is 5.13 Å². The number of amides is 1. The number of anilines is 2. The molecule has 31 heavy (non-hydrogen) atoms. The molecule has 10 heteroatoms. The van der Waals surface area contributed by atoms with Gasteiger partial charge >= 0.3 is 0 Å². The van der Waals surface area contributed by atoms with E-state index in [1.807, 2.05) is 0 Å². The molecule has 1 saturated carbocycles. The molecule has 2 fully saturated rings. The molecule has 1 saturated heterocycles. The van der Waals surface area contributed by atoms with Crippen molar-refractivity contribution in [3.8, 4) is 0 Å². The summed E-state index contributed by atoms with van der Waals surface area (Å²) in [5.74, 6) is 0.372. The van der Waals surface area contributed by atoms with E-state index in [1.165, 1.54) is 38.2 Å². The number of aromatic nitrogens is 2. The minimum Gasteiger partial charge on any atom is -0.372 e. The lowest BCUT2D eigenvalue weighted by Gasteiger charge is -2.34. The number of hydrogen-bond acceptors (Lipinski definition) is 8. The van der Waals surface area contributed by atoms with Crippen molar-refractivity contribution in [2.45, 2.75) is 38.0 Å². The summed E-state index contributed by atoms with van der Waals surface area (Å²) in [5, 5.41) is 22.4. The summed E-state index contributed by atoms with van der Waals surface area (Å²) in [4.78, 5) is 29.6. The molecule has 2 aromatic rings. The SMILES string of the molecule is CN(C)c1ccc(C(=O)N2CCN(c3nnc(C4CCCCC4)s3)CC2)cc1[N+](=O)[O-]. The van der Waals surface area contributed by atoms with Gasteiger partial charge in [-0.05, 0) is 25.0 Å². The lowest BCUT2D eigenvalue weighted by atomic mass is 9.90. The van der Waals surface area contributed by atoms with Crippen LogP contribution in [0, 0.1) is 10.1 Å². The van der Waals surface area contributed by atoms with Crippen molar-refractivity contribution in [2.75, 3.05) is 50.1 Å². The fourth-order valence-corrected chi connectivity index (χ4v) is 5.40. The molecular formula is C21H28N6O3S. The molecule has 0 N–H and O–H groups in total. The number of nitro benzene ring substituents is 1. The third kappa shape index (κ3) is 4.63. The number of benzene rings is 1. The van der Waals surface area contributed by atoms with E-state index >= 15 is 0 Å². The van der Waals surface area contributed by atoms with Gasteiger partial charge < -0.3 is 14.7 Å². The monoisotopic (exact) mass is 444 g/mol. The second-order valence-corrected chi connectivity index (χ2v) is 9.38. The van der Waals surface area contributed by atoms with Crippen LogP contribution in [0.4, 0.5) is 16.5 Å². The Morgan fingerprint density at radius 3 is 2.48 bits per heavy atom. The number of piperazine rings is 1. The highest BCUT2D eigenvalue weighted by Crippen LogP contribution is 2.36. The molecule has 2 aliphatic rings. The highest BCUT2D eigenvalue weighted by molar-refractivity contribution is 7.15. The van der Waals surface area contributed by atoms with Crippen LogP contribution in [0.3, 0.4) is 0 Å². The zero-order chi connectivity index (χ0) is 22.0. The van der Waals surface area contributed by atoms with Gasteiger partial charge in [0.05, 0.1) is 4.92 Å². The third-order valence-corrected chi connectivity index (χ3v) is 7.27. The first-order valence-electron chi connectivity index (χ1n) is 10.8. The molecule has 9 nitrogen and oxygen atoms in total. The zero-order valence-electron chi connectivity index (χ0n) is 18.0. The van der Waals surface area contributed by atoms with E-state index in [0.717, 1.165) is 10.1 Å². The summed E-state index contributed by atoms with van der Waals surface area (Å²) in [7, 11) is 3.49. The molecule has 1 aliphatic heterocycles. The number of carbonyl (C=O) groups is 1. The molecule has 1 aromatic carbocycles. The van der Waals surface area contributed by atoms with Crippen LogP contribution in [0.2, 0.25) is 0 Å². The Kier molecular flexibility index (Phi) is 6.35. The molecule has 0 spiro atoms. The van der Waals surface area contributed by atoms with Crippen molar-refractivity contribution in [1.82, 2.24) is 15.1 Å². The van der Waals surface area contributed by atoms with Gasteiger partial charge in [-0.3, -0.25) is 14.9 Å². The Morgan fingerprint density at radius 1 is 1.13 bits per heavy atom. The van der Waals surface area contributed by atoms with Gasteiger partial charge in [0.25, 0.3) is 11.6 Å². The summed E-state index contributed by atoms with van der Waals surface area (Å²) in [6.07, 6.45) is 6.27. The van der Waals surface area contributed by atoms with Crippen LogP contribution in [0.25, 0.3) is 0 Å². The standard InChI is InChI=1S/C21H28N6O3S/c1-24(2)17-9-8-16(14-18(17)27(29)30)20(28)25-10-12-26(13-11-25)21-23-22-19(31-21)15-6-4-3-5-7-15/h8-9,14-15H,3-7,10-13H2,1-2H3. The molecule has 0 unspecified atom stereocenters. The maximum absolute atomic E-state index is 13.0. The predicted octanol–water partition coefficient (Wildman–Crippen LogP) is 3.52. The first-order valence-corrected chi connectivity index (χ1v) is 11.6. The Balaban J connectivity index is 1.40. The Labute approximate surface area is 185 Å². The quantitative estimate of drug-likeness (QED) is 0.514. The van der Waals surface area contributed by atoms with E-state index in [-0.39, 0.29) is 11.6 Å². The van der Waals surface area contributed by atoms with E-state index in [9.17, 15) is 14.9 Å². The zero-order valence-corrected chi connectivity index (χ0v) is 18.8. The van der Waals surface area contributed by atoms with Gasteiger partial charge in [-0.2, -0.15) is 0 Å². The van der Waals surface area contributed by atoms with Crippen molar-refractivity contribution in [1.29, 1.82) is 0 Å². The van der Waals surface area contributed by atoms with Crippen molar-refractivity contribution in [3.63, 3.8) is 0 Å². The molecule has 0 radical (unpaired) electrons. The van der Waals surface area contributed by atoms with Gasteiger partial charge in [-0.15, -0.1) is 10.2 Å². The molecule has 0 atom stereocenters. The van der Waals surface area contributed by atoms with Crippen LogP contribution < -0.4 is 9.80 Å². The maximum Gasteiger partial charge on any atom is 0.293 e. The minimum atomic E-state index is -0.441. The number of nitro groups is 1. The normalized spacial score (nSPS) is 17.6. The second-order valence-electron chi connectivity index (χ2n) is 8.39. The Bertz CT molecular complexity index is 948. The molecule has 1 amide bonds. The summed E-state index contributed by atoms with van der Waals surface area (Å²) in [6.45, 7) is 2.48. The van der Waals surface area contributed by atoms with Gasteiger partial charge in [0.1, 0.15) is 10.7 Å². The third-order valence-electron chi connectivity index (χ3n) is 6.12. The summed E-state index contributed by atoms with van der Waals surface area (Å²) >= 11 is 1.68. The van der Waals surface area contributed by atoms with Crippen molar-refractivity contribution < 1.29 is 9.72 Å². The number of rotatable bonds is 5. The van der Waals surface area contributed by atoms with E-state index in [0.29, 0.717) is 43.3 Å². The molecule has 1 aromatic heterocycles. The minimum absolute atomic E-state index is 0.0569. The Hall–Kier alpha value is -2.75. The number of carbonyl (C=O) groups excluding carboxylic acids is 1. The van der Waals surface area contributed by atoms with Crippen LogP contribution in [0.1, 0.15) is 53.4 Å². The molecular weight excluding hydrogens is 416 g/mol. The summed E-state index contributed by atoms with van der Waals surface area (Å²) in [5.41, 5.74) is 0.774. The maximum atomic E-state index is 13.0. The van der Waals surface area contributed by atoms with Crippen LogP contribution in [0.15, 0.2) is 18.2 Å². The van der Waals surface area contributed by atoms with E-state index < -0.39 is 4.92 Å². The lowest BCUT2D eigenvalue weighted by Crippen LogP contribution is -2.48. The molecule has 166 valence electrons. The molecule has 0 bridgehead atoms. The van der Waals surface area contributed by atoms with Gasteiger partial charge in [0, 0.05) is 57.8 Å². The van der Waals surface area contributed by atoms with Gasteiger partial charge in [-0.25, -0.2) is 0 Å². The second kappa shape index (κ2) is 9.17. The predicted molar refractivity (Wildman–Crippen MR) is 121 cm³/mol. The first kappa shape index (κ1) is 21.5. The first-order chi connectivity index (χ1) is 14.9. The molecule has 4 rings (SSSR count). The topological polar surface area (TPSA) is 95.7 Å². The summed E-state index contributed by atoms with van der Waals surface area (Å²) < 4.78 is 0.